The minimum absolute atomic E-state index is 0. The summed E-state index contributed by atoms with van der Waals surface area (Å²) < 4.78 is 0. The van der Waals surface area contributed by atoms with E-state index < -0.39 is 0 Å². The molecule has 0 unspecified atom stereocenters. The van der Waals surface area contributed by atoms with Crippen LogP contribution < -0.4 is 0 Å². The zero-order valence-electron chi connectivity index (χ0n) is 89.1. The number of fused-ring (bicyclic) bond motifs is 10. The summed E-state index contributed by atoms with van der Waals surface area (Å²) in [7, 11) is 0. The molecule has 0 radical (unpaired) electrons. The van der Waals surface area contributed by atoms with Crippen LogP contribution in [0.4, 0.5) is 0 Å². The lowest BCUT2D eigenvalue weighted by Crippen LogP contribution is -2.13. The Kier molecular flexibility index (Phi) is 36.1. The summed E-state index contributed by atoms with van der Waals surface area (Å²) in [6.45, 7) is 66.3. The standard InChI is InChI=1S/2C14H16.6C13H15N.2C12H14N2.CH4/c2*1-14(2,3)13-9-8-11-6-4-5-7-12(11)10-13;1-13(2,3)12-5-4-10-6-7-14-9-11(10)8-12;1-13(2,3)11-6-7-12-10(9-11)5-4-8-14-12;1-13(2,3)11-7-6-10-5-4-8-14-12(10)9-11;1-13(2,3)11-8-10-6-4-5-7-12(10)14-9-11;1-13(2,3)12-8-10-6-4-5-7-11(10)9-14-12;1-13(2,3)12-9-8-10-6-4-5-7-11(10)14-12;1-12(2,3)11-7-6-9-10(14-11)5-4-8-13-9;1-12(2,3)9-7-11-10(14-8-9)5-4-6-13-11;/h2*4-10H,1-3H3;6*4-9H,1-3H3;2*4-8H,1-3H3;1H4. The maximum Gasteiger partial charge on any atom is 0.0890 e. The first-order valence-corrected chi connectivity index (χ1v) is 49.3. The van der Waals surface area contributed by atoms with E-state index in [-0.39, 0.29) is 61.6 Å². The van der Waals surface area contributed by atoms with Crippen molar-refractivity contribution < 1.29 is 0 Å². The number of hydrogen-bond acceptors (Lipinski definition) is 10. The maximum atomic E-state index is 4.65. The fourth-order valence-corrected chi connectivity index (χ4v) is 15.1. The molecule has 141 heavy (non-hydrogen) atoms. The highest BCUT2D eigenvalue weighted by Crippen LogP contribution is 2.34. The first-order chi connectivity index (χ1) is 65.7. The van der Waals surface area contributed by atoms with Gasteiger partial charge in [-0.15, -0.1) is 0 Å². The summed E-state index contributed by atoms with van der Waals surface area (Å²) in [4.78, 5) is 43.9. The minimum Gasteiger partial charge on any atom is -0.264 e. The van der Waals surface area contributed by atoms with Crippen molar-refractivity contribution in [3.8, 4) is 0 Å². The average molecular weight is 1870 g/mol. The number of para-hydroxylation sites is 2. The van der Waals surface area contributed by atoms with Gasteiger partial charge in [-0.3, -0.25) is 49.8 Å². The molecule has 0 aliphatic carbocycles. The Hall–Kier alpha value is -13.7. The number of pyridine rings is 10. The molecule has 0 N–H and O–H groups in total. The third kappa shape index (κ3) is 32.2. The highest BCUT2D eigenvalue weighted by molar-refractivity contribution is 5.87. The molecule has 728 valence electrons. The van der Waals surface area contributed by atoms with Crippen LogP contribution in [0, 0.1) is 0 Å². The van der Waals surface area contributed by atoms with Crippen LogP contribution in [-0.4, -0.2) is 49.8 Å². The van der Waals surface area contributed by atoms with Crippen molar-refractivity contribution in [1.82, 2.24) is 49.8 Å². The van der Waals surface area contributed by atoms with Crippen LogP contribution >= 0.6 is 0 Å². The highest BCUT2D eigenvalue weighted by atomic mass is 14.8. The molecule has 0 amide bonds. The summed E-state index contributed by atoms with van der Waals surface area (Å²) >= 11 is 0. The molecule has 10 heteroatoms. The molecule has 0 bridgehead atoms. The van der Waals surface area contributed by atoms with E-state index in [9.17, 15) is 0 Å². The van der Waals surface area contributed by atoms with E-state index in [1.165, 1.54) is 104 Å². The molecule has 0 spiro atoms. The summed E-state index contributed by atoms with van der Waals surface area (Å²) in [5.41, 5.74) is 22.7. The molecular formula is C131H154N10. The fourth-order valence-electron chi connectivity index (χ4n) is 15.1. The second-order valence-electron chi connectivity index (χ2n) is 46.6. The second kappa shape index (κ2) is 46.6. The van der Waals surface area contributed by atoms with Gasteiger partial charge >= 0.3 is 0 Å². The summed E-state index contributed by atoms with van der Waals surface area (Å²) in [5, 5.41) is 15.1. The lowest BCUT2D eigenvalue weighted by atomic mass is 9.86. The van der Waals surface area contributed by atoms with Crippen molar-refractivity contribution >= 4 is 109 Å². The van der Waals surface area contributed by atoms with E-state index in [2.05, 4.69) is 488 Å². The monoisotopic (exact) mass is 1870 g/mol. The van der Waals surface area contributed by atoms with Crippen molar-refractivity contribution in [3.63, 3.8) is 0 Å². The Labute approximate surface area is 843 Å². The van der Waals surface area contributed by atoms with Gasteiger partial charge in [0.25, 0.3) is 0 Å². The van der Waals surface area contributed by atoms with Crippen LogP contribution in [0.5, 0.6) is 0 Å². The van der Waals surface area contributed by atoms with Crippen LogP contribution in [0.3, 0.4) is 0 Å². The quantitative estimate of drug-likeness (QED) is 0.145. The number of hydrogen-bond donors (Lipinski definition) is 0. The Morgan fingerprint density at radius 2 is 0.426 bits per heavy atom. The lowest BCUT2D eigenvalue weighted by Gasteiger charge is -2.19. The normalized spacial score (nSPS) is 11.8. The van der Waals surface area contributed by atoms with Crippen molar-refractivity contribution in [3.05, 3.63) is 421 Å². The average Bonchev–Trinajstić information content (AvgIpc) is 0.869. The number of rotatable bonds is 0. The van der Waals surface area contributed by atoms with E-state index in [0.29, 0.717) is 0 Å². The van der Waals surface area contributed by atoms with E-state index in [1.54, 1.807) is 12.4 Å². The van der Waals surface area contributed by atoms with E-state index in [1.807, 2.05) is 122 Å². The maximum absolute atomic E-state index is 4.65. The Balaban J connectivity index is 0.000000161. The van der Waals surface area contributed by atoms with Crippen LogP contribution in [0.25, 0.3) is 109 Å². The molecule has 0 atom stereocenters. The smallest absolute Gasteiger partial charge is 0.0890 e. The van der Waals surface area contributed by atoms with Gasteiger partial charge in [-0.2, -0.15) is 0 Å². The minimum atomic E-state index is 0. The van der Waals surface area contributed by atoms with Gasteiger partial charge in [0, 0.05) is 121 Å². The zero-order valence-corrected chi connectivity index (χ0v) is 89.1. The van der Waals surface area contributed by atoms with E-state index in [0.717, 1.165) is 61.2 Å². The van der Waals surface area contributed by atoms with E-state index in [4.69, 9.17) is 0 Å². The van der Waals surface area contributed by atoms with Gasteiger partial charge in [0.2, 0.25) is 0 Å². The van der Waals surface area contributed by atoms with Crippen molar-refractivity contribution in [1.29, 1.82) is 0 Å². The van der Waals surface area contributed by atoms with Crippen LogP contribution in [-0.2, 0) is 54.1 Å². The SMILES string of the molecule is C.CC(C)(C)c1cc2ccccc2cn1.CC(C)(C)c1ccc2ccccc2c1.CC(C)(C)c1ccc2ccccc2c1.CC(C)(C)c1ccc2ccccc2n1.CC(C)(C)c1ccc2cccnc2c1.CC(C)(C)c1ccc2ccncc2c1.CC(C)(C)c1ccc2ncccc2c1.CC(C)(C)c1ccc2ncccc2n1.CC(C)(C)c1cnc2ccccc2c1.CC(C)(C)c1cnc2cccnc2c1. The highest BCUT2D eigenvalue weighted by Gasteiger charge is 2.23. The van der Waals surface area contributed by atoms with Gasteiger partial charge in [0.15, 0.2) is 0 Å². The van der Waals surface area contributed by atoms with Gasteiger partial charge in [0.05, 0.1) is 44.1 Å². The largest absolute Gasteiger partial charge is 0.264 e. The van der Waals surface area contributed by atoms with Gasteiger partial charge in [0.1, 0.15) is 0 Å². The van der Waals surface area contributed by atoms with Gasteiger partial charge < -0.3 is 0 Å². The molecule has 10 nitrogen and oxygen atoms in total. The Bertz CT molecular complexity index is 6000. The zero-order chi connectivity index (χ0) is 102. The van der Waals surface area contributed by atoms with Crippen LogP contribution in [0.2, 0.25) is 0 Å². The van der Waals surface area contributed by atoms with E-state index >= 15 is 0 Å². The fraction of sp³-hybridized carbons (Fsp3) is 0.313. The summed E-state index contributed by atoms with van der Waals surface area (Å²) in [6, 6.07) is 108. The third-order valence-electron chi connectivity index (χ3n) is 24.4. The lowest BCUT2D eigenvalue weighted by molar-refractivity contribution is 0.570. The second-order valence-corrected chi connectivity index (χ2v) is 46.6. The Morgan fingerprint density at radius 3 is 0.922 bits per heavy atom. The first-order valence-electron chi connectivity index (χ1n) is 49.3. The molecular weight excluding hydrogens is 1710 g/mol. The molecule has 10 aromatic heterocycles. The molecule has 0 saturated heterocycles. The number of benzene rings is 10. The Morgan fingerprint density at radius 1 is 0.142 bits per heavy atom. The third-order valence-corrected chi connectivity index (χ3v) is 24.4. The van der Waals surface area contributed by atoms with Crippen molar-refractivity contribution in [2.45, 2.75) is 269 Å². The van der Waals surface area contributed by atoms with Gasteiger partial charge in [-0.05, 0) is 224 Å². The summed E-state index contributed by atoms with van der Waals surface area (Å²) in [5.74, 6) is 0. The van der Waals surface area contributed by atoms with Crippen molar-refractivity contribution in [2.24, 2.45) is 0 Å². The van der Waals surface area contributed by atoms with Gasteiger partial charge in [-0.1, -0.05) is 409 Å². The predicted molar refractivity (Wildman–Crippen MR) is 611 cm³/mol. The predicted octanol–water partition coefficient (Wildman–Crippen LogP) is 36.0. The van der Waals surface area contributed by atoms with Gasteiger partial charge in [-0.25, -0.2) is 0 Å². The molecule has 20 aromatic rings. The topological polar surface area (TPSA) is 129 Å². The van der Waals surface area contributed by atoms with Crippen molar-refractivity contribution in [2.75, 3.05) is 0 Å². The summed E-state index contributed by atoms with van der Waals surface area (Å²) in [6.07, 6.45) is 16.9. The first kappa shape index (κ1) is 109. The number of aromatic nitrogens is 10. The molecule has 20 rings (SSSR count). The van der Waals surface area contributed by atoms with Crippen LogP contribution in [0.15, 0.2) is 365 Å². The molecule has 10 aromatic carbocycles. The molecule has 10 heterocycles. The molecule has 0 aliphatic rings. The number of nitrogens with zero attached hydrogens (tertiary/aromatic N) is 10. The molecule has 0 saturated carbocycles. The van der Waals surface area contributed by atoms with Crippen LogP contribution in [0.1, 0.15) is 271 Å². The molecule has 0 fully saturated rings. The molecule has 0 aliphatic heterocycles.